The summed E-state index contributed by atoms with van der Waals surface area (Å²) in [7, 11) is 3.81. The van der Waals surface area contributed by atoms with Crippen LogP contribution in [0.5, 0.6) is 5.75 Å². The molecule has 1 aromatic rings. The van der Waals surface area contributed by atoms with E-state index in [9.17, 15) is 0 Å². The van der Waals surface area contributed by atoms with Crippen LogP contribution in [-0.2, 0) is 12.0 Å². The summed E-state index contributed by atoms with van der Waals surface area (Å²) in [6.07, 6.45) is 0. The van der Waals surface area contributed by atoms with E-state index in [-0.39, 0.29) is 5.41 Å². The minimum Gasteiger partial charge on any atom is -0.496 e. The number of hydrogen-bond acceptors (Lipinski definition) is 2. The third-order valence-corrected chi connectivity index (χ3v) is 3.65. The summed E-state index contributed by atoms with van der Waals surface area (Å²) in [6.45, 7) is 7.57. The zero-order valence-corrected chi connectivity index (χ0v) is 13.0. The van der Waals surface area contributed by atoms with Gasteiger partial charge in [0.05, 0.1) is 12.6 Å². The zero-order valence-electron chi connectivity index (χ0n) is 11.4. The van der Waals surface area contributed by atoms with Gasteiger partial charge >= 0.3 is 0 Å². The highest BCUT2D eigenvalue weighted by Crippen LogP contribution is 2.28. The van der Waals surface area contributed by atoms with Gasteiger partial charge in [0, 0.05) is 12.1 Å². The second-order valence-electron chi connectivity index (χ2n) is 5.41. The van der Waals surface area contributed by atoms with Crippen LogP contribution in [0.1, 0.15) is 31.9 Å². The van der Waals surface area contributed by atoms with Crippen molar-refractivity contribution in [3.63, 3.8) is 0 Å². The maximum Gasteiger partial charge on any atom is 0.123 e. The molecule has 0 bridgehead atoms. The normalized spacial score (nSPS) is 11.9. The van der Waals surface area contributed by atoms with Gasteiger partial charge in [-0.25, -0.2) is 0 Å². The van der Waals surface area contributed by atoms with Crippen molar-refractivity contribution in [1.29, 1.82) is 0 Å². The third-order valence-electron chi connectivity index (χ3n) is 2.79. The number of ether oxygens (including phenoxy) is 1. The van der Waals surface area contributed by atoms with E-state index in [1.165, 1.54) is 11.1 Å². The molecule has 0 N–H and O–H groups in total. The van der Waals surface area contributed by atoms with Crippen LogP contribution in [0.3, 0.4) is 0 Å². The molecule has 0 saturated heterocycles. The lowest BCUT2D eigenvalue weighted by atomic mass is 9.86. The predicted molar refractivity (Wildman–Crippen MR) is 77.0 cm³/mol. The maximum atomic E-state index is 5.42. The molecule has 0 aliphatic rings. The first-order chi connectivity index (χ1) is 7.88. The van der Waals surface area contributed by atoms with E-state index in [4.69, 9.17) is 4.74 Å². The van der Waals surface area contributed by atoms with Gasteiger partial charge in [0.1, 0.15) is 5.75 Å². The highest BCUT2D eigenvalue weighted by Gasteiger charge is 2.16. The minimum atomic E-state index is 0.175. The van der Waals surface area contributed by atoms with Crippen LogP contribution in [-0.4, -0.2) is 24.5 Å². The van der Waals surface area contributed by atoms with Crippen LogP contribution in [0.4, 0.5) is 0 Å². The monoisotopic (exact) mass is 299 g/mol. The standard InChI is InChI=1S/C14H22BrNO/c1-14(2,3)12-6-7-13(17-5)11(8-12)9-16(4)10-15/h6-8H,9-10H2,1-5H3. The topological polar surface area (TPSA) is 12.5 Å². The number of alkyl halides is 1. The predicted octanol–water partition coefficient (Wildman–Crippen LogP) is 3.78. The molecule has 0 unspecified atom stereocenters. The van der Waals surface area contributed by atoms with Gasteiger partial charge in [0.15, 0.2) is 0 Å². The van der Waals surface area contributed by atoms with Crippen molar-refractivity contribution in [2.24, 2.45) is 0 Å². The zero-order chi connectivity index (χ0) is 13.1. The van der Waals surface area contributed by atoms with Gasteiger partial charge in [0.2, 0.25) is 0 Å². The number of hydrogen-bond donors (Lipinski definition) is 0. The number of halogens is 1. The summed E-state index contributed by atoms with van der Waals surface area (Å²) in [6, 6.07) is 6.46. The fraction of sp³-hybridized carbons (Fsp3) is 0.571. The molecule has 0 radical (unpaired) electrons. The fourth-order valence-corrected chi connectivity index (χ4v) is 1.88. The van der Waals surface area contributed by atoms with Crippen molar-refractivity contribution in [2.75, 3.05) is 19.6 Å². The van der Waals surface area contributed by atoms with Crippen LogP contribution in [0, 0.1) is 0 Å². The Balaban J connectivity index is 3.07. The molecule has 0 aliphatic heterocycles. The Bertz CT molecular complexity index is 371. The van der Waals surface area contributed by atoms with Crippen molar-refractivity contribution >= 4 is 15.9 Å². The SMILES string of the molecule is COc1ccc(C(C)(C)C)cc1CN(C)CBr. The van der Waals surface area contributed by atoms with E-state index >= 15 is 0 Å². The van der Waals surface area contributed by atoms with E-state index in [2.05, 4.69) is 66.8 Å². The molecule has 1 rings (SSSR count). The van der Waals surface area contributed by atoms with Gasteiger partial charge < -0.3 is 4.74 Å². The van der Waals surface area contributed by atoms with Gasteiger partial charge in [-0.1, -0.05) is 48.8 Å². The second kappa shape index (κ2) is 5.87. The fourth-order valence-electron chi connectivity index (χ4n) is 1.70. The van der Waals surface area contributed by atoms with E-state index in [1.54, 1.807) is 7.11 Å². The molecular formula is C14H22BrNO. The molecule has 1 aromatic carbocycles. The molecule has 3 heteroatoms. The third kappa shape index (κ3) is 4.00. The van der Waals surface area contributed by atoms with Crippen LogP contribution in [0.15, 0.2) is 18.2 Å². The number of nitrogens with zero attached hydrogens (tertiary/aromatic N) is 1. The Kier molecular flexibility index (Phi) is 5.02. The van der Waals surface area contributed by atoms with Crippen molar-refractivity contribution in [1.82, 2.24) is 4.90 Å². The quantitative estimate of drug-likeness (QED) is 0.620. The van der Waals surface area contributed by atoms with Crippen molar-refractivity contribution < 1.29 is 4.74 Å². The lowest BCUT2D eigenvalue weighted by molar-refractivity contribution is 0.364. The van der Waals surface area contributed by atoms with Crippen molar-refractivity contribution in [3.05, 3.63) is 29.3 Å². The Labute approximate surface area is 113 Å². The summed E-state index contributed by atoms with van der Waals surface area (Å²) in [5, 5.41) is 0. The highest BCUT2D eigenvalue weighted by molar-refractivity contribution is 9.09. The number of benzene rings is 1. The molecule has 0 amide bonds. The van der Waals surface area contributed by atoms with Gasteiger partial charge in [-0.2, -0.15) is 0 Å². The lowest BCUT2D eigenvalue weighted by Gasteiger charge is -2.22. The summed E-state index contributed by atoms with van der Waals surface area (Å²) in [4.78, 5) is 2.20. The van der Waals surface area contributed by atoms with E-state index in [0.29, 0.717) is 0 Å². The van der Waals surface area contributed by atoms with Crippen LogP contribution in [0.25, 0.3) is 0 Å². The smallest absolute Gasteiger partial charge is 0.123 e. The van der Waals surface area contributed by atoms with Gasteiger partial charge in [-0.05, 0) is 24.1 Å². The molecule has 0 aromatic heterocycles. The molecular weight excluding hydrogens is 278 g/mol. The number of methoxy groups -OCH3 is 1. The first-order valence-corrected chi connectivity index (χ1v) is 6.92. The molecule has 17 heavy (non-hydrogen) atoms. The molecule has 2 nitrogen and oxygen atoms in total. The second-order valence-corrected chi connectivity index (χ2v) is 5.91. The first-order valence-electron chi connectivity index (χ1n) is 5.80. The average molecular weight is 300 g/mol. The van der Waals surface area contributed by atoms with Crippen LogP contribution < -0.4 is 4.74 Å². The average Bonchev–Trinajstić information content (AvgIpc) is 2.27. The summed E-state index contributed by atoms with van der Waals surface area (Å²) >= 11 is 3.46. The molecule has 0 saturated carbocycles. The summed E-state index contributed by atoms with van der Waals surface area (Å²) < 4.78 is 5.42. The molecule has 0 fully saturated rings. The molecule has 0 spiro atoms. The largest absolute Gasteiger partial charge is 0.496 e. The molecule has 0 aliphatic carbocycles. The van der Waals surface area contributed by atoms with Gasteiger partial charge in [-0.15, -0.1) is 0 Å². The first kappa shape index (κ1) is 14.5. The van der Waals surface area contributed by atoms with Gasteiger partial charge in [-0.3, -0.25) is 4.90 Å². The minimum absolute atomic E-state index is 0.175. The lowest BCUT2D eigenvalue weighted by Crippen LogP contribution is -2.17. The van der Waals surface area contributed by atoms with Gasteiger partial charge in [0.25, 0.3) is 0 Å². The maximum absolute atomic E-state index is 5.42. The van der Waals surface area contributed by atoms with E-state index in [1.807, 2.05) is 0 Å². The van der Waals surface area contributed by atoms with E-state index in [0.717, 1.165) is 17.7 Å². The summed E-state index contributed by atoms with van der Waals surface area (Å²) in [5.74, 6) is 0.964. The summed E-state index contributed by atoms with van der Waals surface area (Å²) in [5.41, 5.74) is 3.61. The Morgan fingerprint density at radius 2 is 1.94 bits per heavy atom. The highest BCUT2D eigenvalue weighted by atomic mass is 79.9. The van der Waals surface area contributed by atoms with Crippen LogP contribution >= 0.6 is 15.9 Å². The Morgan fingerprint density at radius 1 is 1.29 bits per heavy atom. The molecule has 96 valence electrons. The number of rotatable bonds is 4. The Morgan fingerprint density at radius 3 is 2.41 bits per heavy atom. The molecule has 0 atom stereocenters. The van der Waals surface area contributed by atoms with E-state index < -0.39 is 0 Å². The Hall–Kier alpha value is -0.540. The molecule has 0 heterocycles. The van der Waals surface area contributed by atoms with Crippen molar-refractivity contribution in [2.45, 2.75) is 32.7 Å². The van der Waals surface area contributed by atoms with Crippen LogP contribution in [0.2, 0.25) is 0 Å². The van der Waals surface area contributed by atoms with Crippen molar-refractivity contribution in [3.8, 4) is 5.75 Å².